The van der Waals surface area contributed by atoms with Crippen molar-refractivity contribution in [1.82, 2.24) is 9.21 Å². The van der Waals surface area contributed by atoms with Crippen molar-refractivity contribution < 1.29 is 27.5 Å². The standard InChI is InChI=1S/C19H25N3O6S/c1-13-9-15-16(28-12-18(23)20-15)10-17(13)29(25,26)22-4-2-3-14(11-22)19(24)21-5-7-27-8-6-21/h9-10,14H,2-8,11-12H2,1H3,(H,20,23)/t14-/m1/s1. The molecule has 3 heterocycles. The number of rotatable bonds is 3. The van der Waals surface area contributed by atoms with Crippen molar-refractivity contribution >= 4 is 27.5 Å². The molecule has 0 aliphatic carbocycles. The maximum atomic E-state index is 13.3. The van der Waals surface area contributed by atoms with Gasteiger partial charge in [-0.3, -0.25) is 9.59 Å². The van der Waals surface area contributed by atoms with Crippen LogP contribution < -0.4 is 10.1 Å². The molecule has 0 bridgehead atoms. The molecule has 3 aliphatic rings. The van der Waals surface area contributed by atoms with Crippen molar-refractivity contribution in [2.75, 3.05) is 51.3 Å². The molecule has 2 amide bonds. The summed E-state index contributed by atoms with van der Waals surface area (Å²) in [5.74, 6) is -0.272. The summed E-state index contributed by atoms with van der Waals surface area (Å²) in [5.41, 5.74) is 0.993. The van der Waals surface area contributed by atoms with Crippen LogP contribution in [0.1, 0.15) is 18.4 Å². The van der Waals surface area contributed by atoms with Gasteiger partial charge in [-0.1, -0.05) is 0 Å². The molecular formula is C19H25N3O6S. The maximum Gasteiger partial charge on any atom is 0.262 e. The number of fused-ring (bicyclic) bond motifs is 1. The van der Waals surface area contributed by atoms with Gasteiger partial charge in [0.15, 0.2) is 6.61 Å². The van der Waals surface area contributed by atoms with Gasteiger partial charge in [-0.2, -0.15) is 4.31 Å². The minimum atomic E-state index is -3.79. The molecule has 2 saturated heterocycles. The van der Waals surface area contributed by atoms with Crippen molar-refractivity contribution in [3.63, 3.8) is 0 Å². The van der Waals surface area contributed by atoms with Crippen molar-refractivity contribution in [3.05, 3.63) is 17.7 Å². The Morgan fingerprint density at radius 2 is 1.97 bits per heavy atom. The van der Waals surface area contributed by atoms with Crippen LogP contribution in [0.5, 0.6) is 5.75 Å². The Balaban J connectivity index is 1.55. The van der Waals surface area contributed by atoms with Gasteiger partial charge in [0.1, 0.15) is 5.75 Å². The second kappa shape index (κ2) is 7.92. The number of anilines is 1. The van der Waals surface area contributed by atoms with Gasteiger partial charge in [0.25, 0.3) is 5.91 Å². The van der Waals surface area contributed by atoms with Gasteiger partial charge in [0, 0.05) is 32.2 Å². The number of hydrogen-bond donors (Lipinski definition) is 1. The third-order valence-corrected chi connectivity index (χ3v) is 7.59. The van der Waals surface area contributed by atoms with E-state index < -0.39 is 10.0 Å². The number of benzene rings is 1. The molecule has 0 aromatic heterocycles. The molecular weight excluding hydrogens is 398 g/mol. The first kappa shape index (κ1) is 20.1. The lowest BCUT2D eigenvalue weighted by molar-refractivity contribution is -0.140. The van der Waals surface area contributed by atoms with Crippen LogP contribution >= 0.6 is 0 Å². The molecule has 9 nitrogen and oxygen atoms in total. The number of aryl methyl sites for hydroxylation is 1. The summed E-state index contributed by atoms with van der Waals surface area (Å²) in [5, 5.41) is 2.68. The average Bonchev–Trinajstić information content (AvgIpc) is 2.73. The Labute approximate surface area is 170 Å². The van der Waals surface area contributed by atoms with E-state index in [-0.39, 0.29) is 35.8 Å². The fourth-order valence-electron chi connectivity index (χ4n) is 4.04. The molecule has 2 fully saturated rings. The lowest BCUT2D eigenvalue weighted by Crippen LogP contribution is -2.49. The second-order valence-corrected chi connectivity index (χ2v) is 9.50. The number of ether oxygens (including phenoxy) is 2. The number of nitrogens with one attached hydrogen (secondary N) is 1. The van der Waals surface area contributed by atoms with Gasteiger partial charge < -0.3 is 19.7 Å². The minimum absolute atomic E-state index is 0.00130. The highest BCUT2D eigenvalue weighted by atomic mass is 32.2. The average molecular weight is 423 g/mol. The number of hydrogen-bond acceptors (Lipinski definition) is 6. The number of sulfonamides is 1. The molecule has 0 spiro atoms. The summed E-state index contributed by atoms with van der Waals surface area (Å²) in [7, 11) is -3.79. The third kappa shape index (κ3) is 3.96. The van der Waals surface area contributed by atoms with Gasteiger partial charge >= 0.3 is 0 Å². The lowest BCUT2D eigenvalue weighted by atomic mass is 9.98. The Morgan fingerprint density at radius 3 is 2.72 bits per heavy atom. The predicted octanol–water partition coefficient (Wildman–Crippen LogP) is 0.585. The van der Waals surface area contributed by atoms with Gasteiger partial charge in [-0.15, -0.1) is 0 Å². The first-order valence-electron chi connectivity index (χ1n) is 9.80. The van der Waals surface area contributed by atoms with Crippen molar-refractivity contribution in [2.45, 2.75) is 24.7 Å². The summed E-state index contributed by atoms with van der Waals surface area (Å²) < 4.78 is 38.8. The number of carbonyl (C=O) groups is 2. The first-order chi connectivity index (χ1) is 13.9. The van der Waals surface area contributed by atoms with Crippen LogP contribution in [0.2, 0.25) is 0 Å². The normalized spacial score (nSPS) is 23.1. The number of morpholine rings is 1. The molecule has 3 aliphatic heterocycles. The molecule has 4 rings (SSSR count). The molecule has 1 N–H and O–H groups in total. The van der Waals surface area contributed by atoms with Gasteiger partial charge in [-0.05, 0) is 31.4 Å². The van der Waals surface area contributed by atoms with Crippen LogP contribution in [-0.2, 0) is 24.3 Å². The zero-order valence-corrected chi connectivity index (χ0v) is 17.2. The van der Waals surface area contributed by atoms with E-state index in [4.69, 9.17) is 9.47 Å². The molecule has 1 aromatic rings. The van der Waals surface area contributed by atoms with E-state index in [1.54, 1.807) is 17.9 Å². The summed E-state index contributed by atoms with van der Waals surface area (Å²) in [6, 6.07) is 3.08. The summed E-state index contributed by atoms with van der Waals surface area (Å²) in [4.78, 5) is 26.2. The lowest BCUT2D eigenvalue weighted by Gasteiger charge is -2.36. The van der Waals surface area contributed by atoms with Crippen molar-refractivity contribution in [3.8, 4) is 5.75 Å². The zero-order valence-electron chi connectivity index (χ0n) is 16.3. The maximum absolute atomic E-state index is 13.3. The van der Waals surface area contributed by atoms with Crippen LogP contribution in [0.25, 0.3) is 0 Å². The second-order valence-electron chi connectivity index (χ2n) is 7.59. The molecule has 1 aromatic carbocycles. The highest BCUT2D eigenvalue weighted by molar-refractivity contribution is 7.89. The first-order valence-corrected chi connectivity index (χ1v) is 11.2. The highest BCUT2D eigenvalue weighted by Crippen LogP contribution is 2.35. The Hall–Kier alpha value is -2.17. The van der Waals surface area contributed by atoms with Crippen LogP contribution in [0, 0.1) is 12.8 Å². The van der Waals surface area contributed by atoms with E-state index in [2.05, 4.69) is 5.32 Å². The van der Waals surface area contributed by atoms with E-state index in [9.17, 15) is 18.0 Å². The van der Waals surface area contributed by atoms with Crippen molar-refractivity contribution in [2.24, 2.45) is 5.92 Å². The summed E-state index contributed by atoms with van der Waals surface area (Å²) in [6.07, 6.45) is 1.32. The van der Waals surface area contributed by atoms with Crippen LogP contribution in [-0.4, -0.2) is 75.4 Å². The Morgan fingerprint density at radius 1 is 1.21 bits per heavy atom. The van der Waals surface area contributed by atoms with Gasteiger partial charge in [-0.25, -0.2) is 8.42 Å². The van der Waals surface area contributed by atoms with E-state index in [1.807, 2.05) is 0 Å². The molecule has 10 heteroatoms. The third-order valence-electron chi connectivity index (χ3n) is 5.58. The quantitative estimate of drug-likeness (QED) is 0.763. The highest BCUT2D eigenvalue weighted by Gasteiger charge is 2.36. The fourth-order valence-corrected chi connectivity index (χ4v) is 5.78. The smallest absolute Gasteiger partial charge is 0.262 e. The fraction of sp³-hybridized carbons (Fsp3) is 0.579. The monoisotopic (exact) mass is 423 g/mol. The van der Waals surface area contributed by atoms with Crippen LogP contribution in [0.3, 0.4) is 0 Å². The SMILES string of the molecule is Cc1cc2c(cc1S(=O)(=O)N1CCC[C@@H](C(=O)N3CCOCC3)C1)OCC(=O)N2. The zero-order chi connectivity index (χ0) is 20.6. The molecule has 1 atom stereocenters. The van der Waals surface area contributed by atoms with E-state index in [0.29, 0.717) is 62.7 Å². The van der Waals surface area contributed by atoms with E-state index >= 15 is 0 Å². The van der Waals surface area contributed by atoms with E-state index in [0.717, 1.165) is 0 Å². The number of piperidine rings is 1. The number of amides is 2. The topological polar surface area (TPSA) is 105 Å². The molecule has 0 saturated carbocycles. The minimum Gasteiger partial charge on any atom is -0.482 e. The van der Waals surface area contributed by atoms with Crippen LogP contribution in [0.15, 0.2) is 17.0 Å². The predicted molar refractivity (Wildman–Crippen MR) is 104 cm³/mol. The van der Waals surface area contributed by atoms with Crippen molar-refractivity contribution in [1.29, 1.82) is 0 Å². The summed E-state index contributed by atoms with van der Waals surface area (Å²) in [6.45, 7) is 4.24. The molecule has 0 radical (unpaired) electrons. The number of nitrogens with zero attached hydrogens (tertiary/aromatic N) is 2. The summed E-state index contributed by atoms with van der Waals surface area (Å²) >= 11 is 0. The molecule has 29 heavy (non-hydrogen) atoms. The van der Waals surface area contributed by atoms with Crippen LogP contribution in [0.4, 0.5) is 5.69 Å². The van der Waals surface area contributed by atoms with Gasteiger partial charge in [0.2, 0.25) is 15.9 Å². The number of carbonyl (C=O) groups excluding carboxylic acids is 2. The Bertz CT molecular complexity index is 926. The molecule has 0 unspecified atom stereocenters. The van der Waals surface area contributed by atoms with Gasteiger partial charge in [0.05, 0.1) is 29.7 Å². The van der Waals surface area contributed by atoms with E-state index in [1.165, 1.54) is 10.4 Å². The molecule has 158 valence electrons. The Kier molecular flexibility index (Phi) is 5.50. The largest absolute Gasteiger partial charge is 0.482 e.